The lowest BCUT2D eigenvalue weighted by atomic mass is 9.96. The van der Waals surface area contributed by atoms with Gasteiger partial charge in [0.05, 0.1) is 5.92 Å². The third-order valence-electron chi connectivity index (χ3n) is 6.05. The Morgan fingerprint density at radius 1 is 1.10 bits per heavy atom. The molecule has 4 rings (SSSR count). The van der Waals surface area contributed by atoms with Crippen LogP contribution < -0.4 is 5.32 Å². The van der Waals surface area contributed by atoms with Crippen molar-refractivity contribution in [1.82, 2.24) is 10.2 Å². The van der Waals surface area contributed by atoms with E-state index in [1.54, 1.807) is 0 Å². The zero-order valence-electron chi connectivity index (χ0n) is 18.3. The van der Waals surface area contributed by atoms with Gasteiger partial charge < -0.3 is 5.32 Å². The van der Waals surface area contributed by atoms with Crippen molar-refractivity contribution in [3.05, 3.63) is 83.4 Å². The van der Waals surface area contributed by atoms with Crippen molar-refractivity contribution in [3.8, 4) is 0 Å². The summed E-state index contributed by atoms with van der Waals surface area (Å²) in [4.78, 5) is 15.2. The molecule has 0 spiro atoms. The Bertz CT molecular complexity index is 1010. The molecule has 0 bridgehead atoms. The van der Waals surface area contributed by atoms with E-state index < -0.39 is 0 Å². The monoisotopic (exact) mass is 432 g/mol. The zero-order chi connectivity index (χ0) is 21.5. The van der Waals surface area contributed by atoms with Gasteiger partial charge in [-0.2, -0.15) is 11.8 Å². The van der Waals surface area contributed by atoms with Gasteiger partial charge in [0, 0.05) is 31.1 Å². The Morgan fingerprint density at radius 3 is 2.84 bits per heavy atom. The van der Waals surface area contributed by atoms with Crippen LogP contribution in [0.2, 0.25) is 0 Å². The quantitative estimate of drug-likeness (QED) is 0.483. The third kappa shape index (κ3) is 6.11. The Balaban J connectivity index is 1.23. The van der Waals surface area contributed by atoms with Gasteiger partial charge >= 0.3 is 0 Å². The van der Waals surface area contributed by atoms with Crippen LogP contribution in [0, 0.1) is 12.8 Å². The number of hydrogen-bond donors (Lipinski definition) is 1. The maximum atomic E-state index is 12.7. The summed E-state index contributed by atoms with van der Waals surface area (Å²) in [5, 5.41) is 5.79. The molecule has 1 unspecified atom stereocenters. The first-order valence-corrected chi connectivity index (χ1v) is 12.4. The number of nitrogens with zero attached hydrogens (tertiary/aromatic N) is 1. The second-order valence-corrected chi connectivity index (χ2v) is 9.65. The van der Waals surface area contributed by atoms with E-state index >= 15 is 0 Å². The number of aryl methyl sites for hydroxylation is 1. The topological polar surface area (TPSA) is 32.3 Å². The molecule has 3 nitrogen and oxygen atoms in total. The van der Waals surface area contributed by atoms with Gasteiger partial charge in [-0.25, -0.2) is 0 Å². The number of hydrogen-bond acceptors (Lipinski definition) is 3. The molecule has 1 aliphatic heterocycles. The average Bonchev–Trinajstić information content (AvgIpc) is 2.79. The van der Waals surface area contributed by atoms with E-state index in [2.05, 4.69) is 83.9 Å². The summed E-state index contributed by atoms with van der Waals surface area (Å²) in [5.41, 5.74) is 4.01. The van der Waals surface area contributed by atoms with Crippen molar-refractivity contribution < 1.29 is 4.79 Å². The highest BCUT2D eigenvalue weighted by Crippen LogP contribution is 2.23. The van der Waals surface area contributed by atoms with Crippen molar-refractivity contribution in [2.24, 2.45) is 5.92 Å². The SMILES string of the molecule is Cc1cccc(CSCCNC(=O)C2CCCN(Cc3cccc4ccccc34)C2)c1. The molecule has 0 radical (unpaired) electrons. The summed E-state index contributed by atoms with van der Waals surface area (Å²) in [5.74, 6) is 2.27. The Hall–Kier alpha value is -2.30. The summed E-state index contributed by atoms with van der Waals surface area (Å²) < 4.78 is 0. The zero-order valence-corrected chi connectivity index (χ0v) is 19.2. The number of nitrogens with one attached hydrogen (secondary N) is 1. The first-order chi connectivity index (χ1) is 15.2. The van der Waals surface area contributed by atoms with Gasteiger partial charge in [-0.15, -0.1) is 0 Å². The molecule has 3 aromatic carbocycles. The highest BCUT2D eigenvalue weighted by molar-refractivity contribution is 7.98. The van der Waals surface area contributed by atoms with E-state index in [0.29, 0.717) is 0 Å². The van der Waals surface area contributed by atoms with Crippen LogP contribution in [0.5, 0.6) is 0 Å². The Labute approximate surface area is 190 Å². The van der Waals surface area contributed by atoms with Gasteiger partial charge in [-0.05, 0) is 48.2 Å². The van der Waals surface area contributed by atoms with Crippen LogP contribution in [-0.4, -0.2) is 36.2 Å². The minimum absolute atomic E-state index is 0.102. The normalized spacial score (nSPS) is 17.0. The fourth-order valence-electron chi connectivity index (χ4n) is 4.47. The predicted octanol–water partition coefficient (Wildman–Crippen LogP) is 5.41. The standard InChI is InChI=1S/C27H32N2OS/c1-21-7-4-8-22(17-21)20-31-16-14-28-27(30)25-12-6-15-29(19-25)18-24-11-5-10-23-9-2-3-13-26(23)24/h2-5,7-11,13,17,25H,6,12,14-16,18-20H2,1H3,(H,28,30). The van der Waals surface area contributed by atoms with Gasteiger partial charge in [0.2, 0.25) is 5.91 Å². The summed E-state index contributed by atoms with van der Waals surface area (Å²) in [6, 6.07) is 23.7. The number of piperidine rings is 1. The van der Waals surface area contributed by atoms with E-state index in [1.165, 1.54) is 27.5 Å². The summed E-state index contributed by atoms with van der Waals surface area (Å²) in [7, 11) is 0. The molecule has 4 heteroatoms. The minimum atomic E-state index is 0.102. The van der Waals surface area contributed by atoms with E-state index in [4.69, 9.17) is 0 Å². The molecule has 162 valence electrons. The number of likely N-dealkylation sites (tertiary alicyclic amines) is 1. The Kier molecular flexibility index (Phi) is 7.66. The van der Waals surface area contributed by atoms with E-state index in [-0.39, 0.29) is 11.8 Å². The smallest absolute Gasteiger partial charge is 0.224 e. The molecule has 1 amide bonds. The molecule has 1 aliphatic rings. The minimum Gasteiger partial charge on any atom is -0.355 e. The van der Waals surface area contributed by atoms with Crippen molar-refractivity contribution in [1.29, 1.82) is 0 Å². The van der Waals surface area contributed by atoms with Crippen LogP contribution in [0.1, 0.15) is 29.5 Å². The molecule has 0 aliphatic carbocycles. The molecular formula is C27H32N2OS. The van der Waals surface area contributed by atoms with Gasteiger partial charge in [0.1, 0.15) is 0 Å². The fourth-order valence-corrected chi connectivity index (χ4v) is 5.27. The molecule has 1 atom stereocenters. The van der Waals surface area contributed by atoms with Crippen LogP contribution >= 0.6 is 11.8 Å². The van der Waals surface area contributed by atoms with Crippen molar-refractivity contribution >= 4 is 28.4 Å². The van der Waals surface area contributed by atoms with Crippen LogP contribution in [0.4, 0.5) is 0 Å². The van der Waals surface area contributed by atoms with Crippen molar-refractivity contribution in [2.45, 2.75) is 32.1 Å². The molecule has 31 heavy (non-hydrogen) atoms. The van der Waals surface area contributed by atoms with Gasteiger partial charge in [-0.1, -0.05) is 72.3 Å². The Morgan fingerprint density at radius 2 is 1.94 bits per heavy atom. The first-order valence-electron chi connectivity index (χ1n) is 11.3. The first kappa shape index (κ1) is 21.9. The fraction of sp³-hybridized carbons (Fsp3) is 0.370. The largest absolute Gasteiger partial charge is 0.355 e. The van der Waals surface area contributed by atoms with Crippen LogP contribution in [-0.2, 0) is 17.1 Å². The predicted molar refractivity (Wildman–Crippen MR) is 132 cm³/mol. The lowest BCUT2D eigenvalue weighted by Crippen LogP contribution is -2.43. The van der Waals surface area contributed by atoms with Gasteiger partial charge in [0.15, 0.2) is 0 Å². The second kappa shape index (κ2) is 10.8. The van der Waals surface area contributed by atoms with Crippen molar-refractivity contribution in [3.63, 3.8) is 0 Å². The number of rotatable bonds is 8. The number of carbonyl (C=O) groups excluding carboxylic acids is 1. The maximum Gasteiger partial charge on any atom is 0.224 e. The number of benzene rings is 3. The second-order valence-electron chi connectivity index (χ2n) is 8.55. The maximum absolute atomic E-state index is 12.7. The summed E-state index contributed by atoms with van der Waals surface area (Å²) >= 11 is 1.88. The summed E-state index contributed by atoms with van der Waals surface area (Å²) in [6.45, 7) is 5.71. The van der Waals surface area contributed by atoms with Gasteiger partial charge in [0.25, 0.3) is 0 Å². The lowest BCUT2D eigenvalue weighted by molar-refractivity contribution is -0.126. The highest BCUT2D eigenvalue weighted by Gasteiger charge is 2.25. The van der Waals surface area contributed by atoms with Crippen LogP contribution in [0.25, 0.3) is 10.8 Å². The van der Waals surface area contributed by atoms with E-state index in [1.807, 2.05) is 11.8 Å². The molecule has 1 fully saturated rings. The molecule has 1 saturated heterocycles. The number of fused-ring (bicyclic) bond motifs is 1. The average molecular weight is 433 g/mol. The molecule has 1 N–H and O–H groups in total. The molecule has 0 aromatic heterocycles. The van der Waals surface area contributed by atoms with Crippen LogP contribution in [0.3, 0.4) is 0 Å². The molecule has 1 heterocycles. The van der Waals surface area contributed by atoms with Crippen LogP contribution in [0.15, 0.2) is 66.7 Å². The van der Waals surface area contributed by atoms with Gasteiger partial charge in [-0.3, -0.25) is 9.69 Å². The number of thioether (sulfide) groups is 1. The van der Waals surface area contributed by atoms with E-state index in [0.717, 1.165) is 50.5 Å². The number of amides is 1. The van der Waals surface area contributed by atoms with Crippen molar-refractivity contribution in [2.75, 3.05) is 25.4 Å². The third-order valence-corrected chi connectivity index (χ3v) is 7.08. The molecule has 3 aromatic rings. The molecule has 0 saturated carbocycles. The summed E-state index contributed by atoms with van der Waals surface area (Å²) in [6.07, 6.45) is 2.08. The molecular weight excluding hydrogens is 400 g/mol. The van der Waals surface area contributed by atoms with E-state index in [9.17, 15) is 4.79 Å². The highest BCUT2D eigenvalue weighted by atomic mass is 32.2. The lowest BCUT2D eigenvalue weighted by Gasteiger charge is -2.32. The number of carbonyl (C=O) groups is 1.